The van der Waals surface area contributed by atoms with Gasteiger partial charge in [0.05, 0.1) is 12.8 Å². The maximum atomic E-state index is 11.9. The van der Waals surface area contributed by atoms with Crippen LogP contribution in [0.15, 0.2) is 47.1 Å². The van der Waals surface area contributed by atoms with Gasteiger partial charge in [0.1, 0.15) is 11.5 Å². The predicted octanol–water partition coefficient (Wildman–Crippen LogP) is 2.93. The predicted molar refractivity (Wildman–Crippen MR) is 76.5 cm³/mol. The molecule has 0 radical (unpaired) electrons. The van der Waals surface area contributed by atoms with E-state index in [1.807, 2.05) is 30.3 Å². The summed E-state index contributed by atoms with van der Waals surface area (Å²) in [5, 5.41) is 2.77. The number of benzene rings is 1. The monoisotopic (exact) mass is 273 g/mol. The van der Waals surface area contributed by atoms with Crippen LogP contribution in [0.4, 0.5) is 0 Å². The normalized spacial score (nSPS) is 11.9. The number of hydrogen-bond acceptors (Lipinski definition) is 3. The summed E-state index contributed by atoms with van der Waals surface area (Å²) in [4.78, 5) is 11.9. The van der Waals surface area contributed by atoms with Crippen LogP contribution >= 0.6 is 0 Å². The van der Waals surface area contributed by atoms with Crippen LogP contribution in [0.25, 0.3) is 0 Å². The largest absolute Gasteiger partial charge is 0.481 e. The van der Waals surface area contributed by atoms with Crippen LogP contribution in [0.5, 0.6) is 5.75 Å². The first-order valence-corrected chi connectivity index (χ1v) is 6.74. The minimum absolute atomic E-state index is 0.166. The van der Waals surface area contributed by atoms with Crippen molar-refractivity contribution in [3.8, 4) is 5.75 Å². The molecule has 0 aliphatic carbocycles. The zero-order valence-electron chi connectivity index (χ0n) is 11.8. The highest BCUT2D eigenvalue weighted by Crippen LogP contribution is 2.14. The van der Waals surface area contributed by atoms with Gasteiger partial charge in [-0.2, -0.15) is 0 Å². The number of amides is 1. The van der Waals surface area contributed by atoms with Gasteiger partial charge in [0.2, 0.25) is 0 Å². The smallest absolute Gasteiger partial charge is 0.261 e. The Kier molecular flexibility index (Phi) is 4.82. The highest BCUT2D eigenvalue weighted by molar-refractivity contribution is 5.80. The van der Waals surface area contributed by atoms with Gasteiger partial charge >= 0.3 is 0 Å². The highest BCUT2D eigenvalue weighted by Gasteiger charge is 2.14. The molecule has 2 rings (SSSR count). The molecule has 0 aliphatic rings. The van der Waals surface area contributed by atoms with E-state index in [0.717, 1.165) is 12.2 Å². The number of carbonyl (C=O) groups is 1. The zero-order chi connectivity index (χ0) is 14.4. The molecule has 0 unspecified atom stereocenters. The zero-order valence-corrected chi connectivity index (χ0v) is 11.8. The van der Waals surface area contributed by atoms with Gasteiger partial charge in [0.15, 0.2) is 6.10 Å². The Labute approximate surface area is 118 Å². The molecule has 0 bridgehead atoms. The van der Waals surface area contributed by atoms with Crippen LogP contribution < -0.4 is 10.1 Å². The van der Waals surface area contributed by atoms with Gasteiger partial charge in [-0.1, -0.05) is 19.1 Å². The van der Waals surface area contributed by atoms with E-state index in [1.54, 1.807) is 19.3 Å². The van der Waals surface area contributed by atoms with Crippen molar-refractivity contribution in [2.45, 2.75) is 32.9 Å². The van der Waals surface area contributed by atoms with Crippen LogP contribution in [-0.2, 0) is 17.8 Å². The molecule has 4 heteroatoms. The summed E-state index contributed by atoms with van der Waals surface area (Å²) in [6, 6.07) is 11.4. The van der Waals surface area contributed by atoms with E-state index in [-0.39, 0.29) is 5.91 Å². The molecule has 106 valence electrons. The number of ether oxygens (including phenoxy) is 1. The van der Waals surface area contributed by atoms with E-state index >= 15 is 0 Å². The van der Waals surface area contributed by atoms with Gasteiger partial charge in [0, 0.05) is 0 Å². The lowest BCUT2D eigenvalue weighted by molar-refractivity contribution is -0.127. The van der Waals surface area contributed by atoms with Crippen molar-refractivity contribution in [2.75, 3.05) is 0 Å². The highest BCUT2D eigenvalue weighted by atomic mass is 16.5. The second-order valence-electron chi connectivity index (χ2n) is 4.55. The number of hydrogen-bond donors (Lipinski definition) is 1. The Morgan fingerprint density at radius 3 is 2.65 bits per heavy atom. The van der Waals surface area contributed by atoms with Crippen molar-refractivity contribution in [2.24, 2.45) is 0 Å². The molecule has 1 atom stereocenters. The summed E-state index contributed by atoms with van der Waals surface area (Å²) >= 11 is 0. The van der Waals surface area contributed by atoms with Crippen molar-refractivity contribution in [1.82, 2.24) is 5.32 Å². The average molecular weight is 273 g/mol. The van der Waals surface area contributed by atoms with E-state index in [1.165, 1.54) is 5.56 Å². The standard InChI is InChI=1S/C16H19NO3/c1-3-13-6-8-14(9-7-13)20-12(2)16(18)17-11-15-5-4-10-19-15/h4-10,12H,3,11H2,1-2H3,(H,17,18)/t12-/m1/s1. The van der Waals surface area contributed by atoms with Crippen molar-refractivity contribution >= 4 is 5.91 Å². The van der Waals surface area contributed by atoms with Crippen LogP contribution in [0, 0.1) is 0 Å². The Balaban J connectivity index is 1.83. The Morgan fingerprint density at radius 1 is 1.30 bits per heavy atom. The number of carbonyl (C=O) groups excluding carboxylic acids is 1. The molecule has 0 saturated heterocycles. The maximum Gasteiger partial charge on any atom is 0.261 e. The quantitative estimate of drug-likeness (QED) is 0.880. The van der Waals surface area contributed by atoms with E-state index in [0.29, 0.717) is 12.3 Å². The van der Waals surface area contributed by atoms with Gasteiger partial charge in [-0.25, -0.2) is 0 Å². The van der Waals surface area contributed by atoms with Crippen LogP contribution in [0.3, 0.4) is 0 Å². The van der Waals surface area contributed by atoms with E-state index in [2.05, 4.69) is 12.2 Å². The average Bonchev–Trinajstić information content (AvgIpc) is 2.98. The lowest BCUT2D eigenvalue weighted by Crippen LogP contribution is -2.35. The van der Waals surface area contributed by atoms with Crippen LogP contribution in [-0.4, -0.2) is 12.0 Å². The van der Waals surface area contributed by atoms with Gasteiger partial charge < -0.3 is 14.5 Å². The lowest BCUT2D eigenvalue weighted by atomic mass is 10.2. The Morgan fingerprint density at radius 2 is 2.05 bits per heavy atom. The number of aryl methyl sites for hydroxylation is 1. The van der Waals surface area contributed by atoms with Crippen molar-refractivity contribution in [3.63, 3.8) is 0 Å². The summed E-state index contributed by atoms with van der Waals surface area (Å²) in [6.07, 6.45) is 2.02. The van der Waals surface area contributed by atoms with Gasteiger partial charge in [0.25, 0.3) is 5.91 Å². The molecule has 0 fully saturated rings. The molecule has 0 aliphatic heterocycles. The van der Waals surface area contributed by atoms with Gasteiger partial charge in [-0.05, 0) is 43.2 Å². The molecule has 0 spiro atoms. The fourth-order valence-corrected chi connectivity index (χ4v) is 1.79. The van der Waals surface area contributed by atoms with E-state index in [4.69, 9.17) is 9.15 Å². The molecule has 2 aromatic rings. The van der Waals surface area contributed by atoms with E-state index in [9.17, 15) is 4.79 Å². The second kappa shape index (κ2) is 6.80. The summed E-state index contributed by atoms with van der Waals surface area (Å²) in [5.41, 5.74) is 1.24. The molecule has 1 N–H and O–H groups in total. The van der Waals surface area contributed by atoms with Gasteiger partial charge in [-0.3, -0.25) is 4.79 Å². The minimum atomic E-state index is -0.544. The summed E-state index contributed by atoms with van der Waals surface area (Å²) in [6.45, 7) is 4.19. The third-order valence-electron chi connectivity index (χ3n) is 3.03. The van der Waals surface area contributed by atoms with Crippen molar-refractivity contribution in [3.05, 3.63) is 54.0 Å². The number of rotatable bonds is 6. The van der Waals surface area contributed by atoms with Gasteiger partial charge in [-0.15, -0.1) is 0 Å². The molecule has 0 saturated carbocycles. The summed E-state index contributed by atoms with van der Waals surface area (Å²) in [5.74, 6) is 1.25. The molecule has 1 heterocycles. The van der Waals surface area contributed by atoms with Crippen LogP contribution in [0.1, 0.15) is 25.2 Å². The third-order valence-corrected chi connectivity index (χ3v) is 3.03. The molecule has 4 nitrogen and oxygen atoms in total. The Hall–Kier alpha value is -2.23. The molecule has 1 aromatic carbocycles. The minimum Gasteiger partial charge on any atom is -0.481 e. The van der Waals surface area contributed by atoms with Crippen LogP contribution in [0.2, 0.25) is 0 Å². The molecule has 20 heavy (non-hydrogen) atoms. The second-order valence-corrected chi connectivity index (χ2v) is 4.55. The number of furan rings is 1. The molecule has 1 amide bonds. The summed E-state index contributed by atoms with van der Waals surface area (Å²) in [7, 11) is 0. The van der Waals surface area contributed by atoms with Crippen molar-refractivity contribution < 1.29 is 13.9 Å². The molecular formula is C16H19NO3. The maximum absolute atomic E-state index is 11.9. The fourth-order valence-electron chi connectivity index (χ4n) is 1.79. The first-order valence-electron chi connectivity index (χ1n) is 6.74. The van der Waals surface area contributed by atoms with Crippen molar-refractivity contribution in [1.29, 1.82) is 0 Å². The summed E-state index contributed by atoms with van der Waals surface area (Å²) < 4.78 is 10.8. The Bertz CT molecular complexity index is 531. The SMILES string of the molecule is CCc1ccc(O[C@H](C)C(=O)NCc2ccco2)cc1. The topological polar surface area (TPSA) is 51.5 Å². The lowest BCUT2D eigenvalue weighted by Gasteiger charge is -2.14. The van der Waals surface area contributed by atoms with E-state index < -0.39 is 6.10 Å². The molecule has 1 aromatic heterocycles. The number of nitrogens with one attached hydrogen (secondary N) is 1. The first-order chi connectivity index (χ1) is 9.69. The third kappa shape index (κ3) is 3.88. The molecular weight excluding hydrogens is 254 g/mol. The fraction of sp³-hybridized carbons (Fsp3) is 0.312. The first kappa shape index (κ1) is 14.2.